The molecule has 4 heteroatoms. The van der Waals surface area contributed by atoms with Crippen molar-refractivity contribution in [3.63, 3.8) is 0 Å². The molecule has 19 heavy (non-hydrogen) atoms. The third-order valence-corrected chi connectivity index (χ3v) is 3.89. The van der Waals surface area contributed by atoms with E-state index in [9.17, 15) is 4.79 Å². The maximum Gasteiger partial charge on any atom is 0.270 e. The van der Waals surface area contributed by atoms with Gasteiger partial charge in [0, 0.05) is 12.1 Å². The number of hydrogen-bond acceptors (Lipinski definition) is 3. The summed E-state index contributed by atoms with van der Waals surface area (Å²) in [5, 5.41) is 4.28. The number of nitrogens with one attached hydrogen (secondary N) is 1. The van der Waals surface area contributed by atoms with Gasteiger partial charge in [0.2, 0.25) is 0 Å². The van der Waals surface area contributed by atoms with Crippen molar-refractivity contribution < 1.29 is 4.79 Å². The number of fused-ring (bicyclic) bond motifs is 1. The van der Waals surface area contributed by atoms with Crippen LogP contribution in [-0.4, -0.2) is 28.6 Å². The van der Waals surface area contributed by atoms with Crippen molar-refractivity contribution in [3.05, 3.63) is 35.9 Å². The zero-order valence-corrected chi connectivity index (χ0v) is 11.6. The summed E-state index contributed by atoms with van der Waals surface area (Å²) < 4.78 is 0. The number of amides is 1. The van der Waals surface area contributed by atoms with E-state index in [1.165, 1.54) is 5.56 Å². The van der Waals surface area contributed by atoms with E-state index in [0.29, 0.717) is 5.71 Å². The Morgan fingerprint density at radius 1 is 1.26 bits per heavy atom. The molecule has 1 amide bonds. The lowest BCUT2D eigenvalue weighted by atomic mass is 9.92. The maximum absolute atomic E-state index is 12.4. The molecule has 0 unspecified atom stereocenters. The van der Waals surface area contributed by atoms with Gasteiger partial charge >= 0.3 is 0 Å². The van der Waals surface area contributed by atoms with Crippen molar-refractivity contribution >= 4 is 11.6 Å². The molecule has 0 radical (unpaired) electrons. The summed E-state index contributed by atoms with van der Waals surface area (Å²) in [4.78, 5) is 14.3. The lowest BCUT2D eigenvalue weighted by Crippen LogP contribution is -2.43. The number of hydrogen-bond donors (Lipinski definition) is 1. The van der Waals surface area contributed by atoms with Crippen molar-refractivity contribution in [1.82, 2.24) is 10.3 Å². The first-order valence-corrected chi connectivity index (χ1v) is 6.68. The number of carbonyl (C=O) groups is 1. The van der Waals surface area contributed by atoms with Crippen LogP contribution in [0.1, 0.15) is 32.4 Å². The van der Waals surface area contributed by atoms with Crippen LogP contribution < -0.4 is 5.43 Å². The highest BCUT2D eigenvalue weighted by Crippen LogP contribution is 2.35. The topological polar surface area (TPSA) is 44.7 Å². The second kappa shape index (κ2) is 4.08. The predicted octanol–water partition coefficient (Wildman–Crippen LogP) is 1.94. The molecule has 1 saturated heterocycles. The average Bonchev–Trinajstić information content (AvgIpc) is 2.91. The fourth-order valence-electron chi connectivity index (χ4n) is 2.83. The summed E-state index contributed by atoms with van der Waals surface area (Å²) in [6, 6.07) is 10.3. The Morgan fingerprint density at radius 2 is 1.95 bits per heavy atom. The quantitative estimate of drug-likeness (QED) is 0.835. The van der Waals surface area contributed by atoms with Gasteiger partial charge in [0.25, 0.3) is 5.91 Å². The molecule has 100 valence electrons. The molecule has 1 aromatic carbocycles. The van der Waals surface area contributed by atoms with E-state index in [4.69, 9.17) is 0 Å². The average molecular weight is 257 g/mol. The summed E-state index contributed by atoms with van der Waals surface area (Å²) in [5.74, 6) is 0.234. The molecule has 1 fully saturated rings. The van der Waals surface area contributed by atoms with Gasteiger partial charge in [-0.15, -0.1) is 0 Å². The minimum atomic E-state index is -0.148. The summed E-state index contributed by atoms with van der Waals surface area (Å²) in [6.07, 6.45) is 0. The van der Waals surface area contributed by atoms with E-state index < -0.39 is 0 Å². The van der Waals surface area contributed by atoms with Crippen LogP contribution in [-0.2, 0) is 4.79 Å². The smallest absolute Gasteiger partial charge is 0.270 e. The van der Waals surface area contributed by atoms with Gasteiger partial charge in [0.05, 0.1) is 12.0 Å². The zero-order chi connectivity index (χ0) is 13.6. The molecule has 0 aliphatic carbocycles. The molecule has 2 heterocycles. The highest BCUT2D eigenvalue weighted by Gasteiger charge is 2.48. The third kappa shape index (κ3) is 1.91. The Labute approximate surface area is 113 Å². The zero-order valence-electron chi connectivity index (χ0n) is 11.6. The van der Waals surface area contributed by atoms with Crippen LogP contribution in [0.5, 0.6) is 0 Å². The van der Waals surface area contributed by atoms with E-state index in [1.54, 1.807) is 0 Å². The predicted molar refractivity (Wildman–Crippen MR) is 74.7 cm³/mol. The van der Waals surface area contributed by atoms with Crippen LogP contribution in [0.2, 0.25) is 0 Å². The molecule has 2 atom stereocenters. The molecule has 4 nitrogen and oxygen atoms in total. The molecule has 0 spiro atoms. The molecular formula is C15H19N3O. The van der Waals surface area contributed by atoms with Crippen LogP contribution in [0.3, 0.4) is 0 Å². The van der Waals surface area contributed by atoms with Crippen molar-refractivity contribution in [2.75, 3.05) is 6.54 Å². The molecule has 0 aromatic heterocycles. The van der Waals surface area contributed by atoms with E-state index in [0.717, 1.165) is 6.54 Å². The number of hydrazone groups is 1. The van der Waals surface area contributed by atoms with E-state index in [2.05, 4.69) is 43.4 Å². The molecule has 0 bridgehead atoms. The van der Waals surface area contributed by atoms with Crippen molar-refractivity contribution in [2.45, 2.75) is 32.4 Å². The van der Waals surface area contributed by atoms with Gasteiger partial charge in [-0.1, -0.05) is 30.3 Å². The number of benzene rings is 1. The van der Waals surface area contributed by atoms with Crippen molar-refractivity contribution in [1.29, 1.82) is 0 Å². The minimum absolute atomic E-state index is 0.0726. The first-order valence-electron chi connectivity index (χ1n) is 6.68. The van der Waals surface area contributed by atoms with Crippen LogP contribution in [0.4, 0.5) is 0 Å². The molecule has 1 aromatic rings. The Balaban J connectivity index is 1.88. The van der Waals surface area contributed by atoms with E-state index in [-0.39, 0.29) is 23.4 Å². The van der Waals surface area contributed by atoms with Gasteiger partial charge < -0.3 is 10.3 Å². The maximum atomic E-state index is 12.4. The fraction of sp³-hybridized carbons (Fsp3) is 0.467. The van der Waals surface area contributed by atoms with Gasteiger partial charge in [-0.05, 0) is 26.3 Å². The monoisotopic (exact) mass is 257 g/mol. The highest BCUT2D eigenvalue weighted by molar-refractivity contribution is 6.42. The van der Waals surface area contributed by atoms with Crippen LogP contribution in [0.25, 0.3) is 0 Å². The van der Waals surface area contributed by atoms with E-state index >= 15 is 0 Å². The largest absolute Gasteiger partial charge is 0.332 e. The summed E-state index contributed by atoms with van der Waals surface area (Å²) in [5.41, 5.74) is 4.84. The second-order valence-corrected chi connectivity index (χ2v) is 6.21. The standard InChI is InChI=1S/C15H19N3O/c1-15(2,3)18-9-11-12(10-7-5-4-6-8-10)16-17-13(11)14(18)19/h4-8,11-12,16H,9H2,1-3H3/t11-,12-/m0/s1. The Bertz CT molecular complexity index is 530. The first-order chi connectivity index (χ1) is 8.98. The molecule has 1 N–H and O–H groups in total. The molecular weight excluding hydrogens is 238 g/mol. The lowest BCUT2D eigenvalue weighted by molar-refractivity contribution is -0.126. The molecule has 0 saturated carbocycles. The molecule has 2 aliphatic rings. The Morgan fingerprint density at radius 3 is 2.58 bits per heavy atom. The summed E-state index contributed by atoms with van der Waals surface area (Å²) in [6.45, 7) is 6.94. The number of likely N-dealkylation sites (tertiary alicyclic amines) is 1. The fourth-order valence-corrected chi connectivity index (χ4v) is 2.83. The minimum Gasteiger partial charge on any atom is -0.332 e. The molecule has 2 aliphatic heterocycles. The van der Waals surface area contributed by atoms with Crippen molar-refractivity contribution in [3.8, 4) is 0 Å². The van der Waals surface area contributed by atoms with Crippen LogP contribution in [0.15, 0.2) is 35.4 Å². The number of carbonyl (C=O) groups excluding carboxylic acids is 1. The van der Waals surface area contributed by atoms with Gasteiger partial charge in [-0.25, -0.2) is 0 Å². The SMILES string of the molecule is CC(C)(C)N1C[C@@H]2C(=NN[C@H]2c2ccccc2)C1=O. The molecule has 3 rings (SSSR count). The normalized spacial score (nSPS) is 26.2. The summed E-state index contributed by atoms with van der Waals surface area (Å²) >= 11 is 0. The van der Waals surface area contributed by atoms with Crippen LogP contribution >= 0.6 is 0 Å². The third-order valence-electron chi connectivity index (χ3n) is 3.89. The highest BCUT2D eigenvalue weighted by atomic mass is 16.2. The second-order valence-electron chi connectivity index (χ2n) is 6.21. The first kappa shape index (κ1) is 12.2. The van der Waals surface area contributed by atoms with Crippen LogP contribution in [0, 0.1) is 5.92 Å². The van der Waals surface area contributed by atoms with Crippen molar-refractivity contribution in [2.24, 2.45) is 11.0 Å². The number of nitrogens with zero attached hydrogens (tertiary/aromatic N) is 2. The summed E-state index contributed by atoms with van der Waals surface area (Å²) in [7, 11) is 0. The van der Waals surface area contributed by atoms with Gasteiger partial charge in [0.1, 0.15) is 5.71 Å². The van der Waals surface area contributed by atoms with Gasteiger partial charge in [-0.2, -0.15) is 5.10 Å². The lowest BCUT2D eigenvalue weighted by Gasteiger charge is -2.32. The number of rotatable bonds is 1. The van der Waals surface area contributed by atoms with Gasteiger partial charge in [-0.3, -0.25) is 4.79 Å². The Hall–Kier alpha value is -1.84. The Kier molecular flexibility index (Phi) is 2.62. The van der Waals surface area contributed by atoms with Gasteiger partial charge in [0.15, 0.2) is 0 Å². The van der Waals surface area contributed by atoms with E-state index in [1.807, 2.05) is 23.1 Å².